The van der Waals surface area contributed by atoms with E-state index in [0.29, 0.717) is 19.3 Å². The largest absolute Gasteiger partial charge is 0.273 e. The summed E-state index contributed by atoms with van der Waals surface area (Å²) in [5.41, 5.74) is 6.96. The van der Waals surface area contributed by atoms with Gasteiger partial charge in [0, 0.05) is 41.6 Å². The van der Waals surface area contributed by atoms with Gasteiger partial charge in [-0.3, -0.25) is 4.79 Å². The molecule has 2 aromatic carbocycles. The van der Waals surface area contributed by atoms with Crippen LogP contribution in [0.5, 0.6) is 0 Å². The molecular formula is C24H23N3O. The number of allylic oxidation sites excluding steroid dienone is 1. The van der Waals surface area contributed by atoms with Gasteiger partial charge in [0.05, 0.1) is 5.52 Å². The van der Waals surface area contributed by atoms with Crippen molar-refractivity contribution in [1.29, 1.82) is 0 Å². The van der Waals surface area contributed by atoms with Crippen LogP contribution in [0.3, 0.4) is 0 Å². The highest BCUT2D eigenvalue weighted by Gasteiger charge is 2.21. The van der Waals surface area contributed by atoms with Gasteiger partial charge in [-0.15, -0.1) is 0 Å². The molecule has 0 N–H and O–H groups in total. The minimum absolute atomic E-state index is 0.129. The normalized spacial score (nSPS) is 14.5. The molecular weight excluding hydrogens is 346 g/mol. The Hall–Kier alpha value is -3.14. The average molecular weight is 369 g/mol. The first-order valence-electron chi connectivity index (χ1n) is 9.57. The van der Waals surface area contributed by atoms with Gasteiger partial charge in [-0.2, -0.15) is 0 Å². The second-order valence-electron chi connectivity index (χ2n) is 7.50. The fraction of sp³-hybridized carbons (Fsp3) is 0.250. The number of dihydropyridines is 1. The summed E-state index contributed by atoms with van der Waals surface area (Å²) in [6.07, 6.45) is 1.84. The fourth-order valence-electron chi connectivity index (χ4n) is 3.69. The van der Waals surface area contributed by atoms with E-state index in [-0.39, 0.29) is 5.91 Å². The minimum atomic E-state index is -0.129. The van der Waals surface area contributed by atoms with Gasteiger partial charge >= 0.3 is 0 Å². The Balaban J connectivity index is 1.55. The predicted molar refractivity (Wildman–Crippen MR) is 113 cm³/mol. The molecule has 4 rings (SSSR count). The highest BCUT2D eigenvalue weighted by molar-refractivity contribution is 6.08. The van der Waals surface area contributed by atoms with Gasteiger partial charge in [-0.25, -0.2) is 15.0 Å². The molecule has 0 aliphatic carbocycles. The number of amides is 1. The molecule has 28 heavy (non-hydrogen) atoms. The quantitative estimate of drug-likeness (QED) is 0.669. The summed E-state index contributed by atoms with van der Waals surface area (Å²) >= 11 is 0. The molecule has 0 saturated heterocycles. The number of hydrogen-bond donors (Lipinski definition) is 0. The molecule has 0 spiro atoms. The summed E-state index contributed by atoms with van der Waals surface area (Å²) < 4.78 is 0. The van der Waals surface area contributed by atoms with E-state index in [1.807, 2.05) is 50.2 Å². The predicted octanol–water partition coefficient (Wildman–Crippen LogP) is 4.72. The molecule has 2 heterocycles. The second kappa shape index (κ2) is 7.47. The smallest absolute Gasteiger partial charge is 0.267 e. The zero-order valence-corrected chi connectivity index (χ0v) is 16.5. The number of rotatable bonds is 4. The van der Waals surface area contributed by atoms with Crippen LogP contribution >= 0.6 is 0 Å². The molecule has 1 aliphatic heterocycles. The zero-order valence-electron chi connectivity index (χ0n) is 16.5. The number of carbonyl (C=O) groups excluding carboxylic acids is 1. The van der Waals surface area contributed by atoms with Crippen molar-refractivity contribution in [3.8, 4) is 0 Å². The lowest BCUT2D eigenvalue weighted by Gasteiger charge is -2.17. The van der Waals surface area contributed by atoms with Crippen molar-refractivity contribution in [2.45, 2.75) is 40.0 Å². The van der Waals surface area contributed by atoms with E-state index >= 15 is 0 Å². The molecule has 140 valence electrons. The maximum atomic E-state index is 12.6. The van der Waals surface area contributed by atoms with Crippen LogP contribution in [0.4, 0.5) is 0 Å². The van der Waals surface area contributed by atoms with Crippen molar-refractivity contribution in [3.63, 3.8) is 0 Å². The lowest BCUT2D eigenvalue weighted by Crippen LogP contribution is -2.19. The Kier molecular flexibility index (Phi) is 4.86. The number of nitrogens with zero attached hydrogens (tertiary/aromatic N) is 3. The number of aliphatic imine (C=N–C) groups is 1. The third-order valence-electron chi connectivity index (χ3n) is 5.18. The first-order chi connectivity index (χ1) is 13.5. The number of aryl methyl sites for hydroxylation is 2. The van der Waals surface area contributed by atoms with Gasteiger partial charge < -0.3 is 0 Å². The number of benzene rings is 2. The third kappa shape index (κ3) is 3.77. The van der Waals surface area contributed by atoms with Crippen molar-refractivity contribution in [1.82, 2.24) is 9.97 Å². The van der Waals surface area contributed by atoms with Crippen molar-refractivity contribution >= 4 is 22.5 Å². The molecule has 4 nitrogen and oxygen atoms in total. The first-order valence-corrected chi connectivity index (χ1v) is 9.57. The summed E-state index contributed by atoms with van der Waals surface area (Å²) in [5.74, 6) is 0.593. The molecule has 0 radical (unpaired) electrons. The summed E-state index contributed by atoms with van der Waals surface area (Å²) in [4.78, 5) is 26.4. The number of carbonyl (C=O) groups is 1. The van der Waals surface area contributed by atoms with Crippen LogP contribution in [0, 0.1) is 13.8 Å². The SMILES string of the molecule is CC1=C(Cc2ccccc2)C(=O)N=C(Cc2nc(C)c3cc(C)ccc3n2)C1. The van der Waals surface area contributed by atoms with Crippen LogP contribution in [0.25, 0.3) is 10.9 Å². The second-order valence-corrected chi connectivity index (χ2v) is 7.50. The third-order valence-corrected chi connectivity index (χ3v) is 5.18. The average Bonchev–Trinajstić information content (AvgIpc) is 2.66. The van der Waals surface area contributed by atoms with Gasteiger partial charge in [0.2, 0.25) is 0 Å². The van der Waals surface area contributed by atoms with Crippen LogP contribution in [-0.2, 0) is 17.6 Å². The maximum Gasteiger partial charge on any atom is 0.273 e. The Morgan fingerprint density at radius 1 is 0.929 bits per heavy atom. The summed E-state index contributed by atoms with van der Waals surface area (Å²) in [7, 11) is 0. The summed E-state index contributed by atoms with van der Waals surface area (Å²) in [6, 6.07) is 16.3. The van der Waals surface area contributed by atoms with Crippen LogP contribution < -0.4 is 0 Å². The van der Waals surface area contributed by atoms with E-state index in [9.17, 15) is 4.79 Å². The van der Waals surface area contributed by atoms with Crippen molar-refractivity contribution in [2.75, 3.05) is 0 Å². The fourth-order valence-corrected chi connectivity index (χ4v) is 3.69. The van der Waals surface area contributed by atoms with Crippen LogP contribution in [0.15, 0.2) is 64.7 Å². The molecule has 0 bridgehead atoms. The van der Waals surface area contributed by atoms with Crippen LogP contribution in [0.2, 0.25) is 0 Å². The molecule has 1 aromatic heterocycles. The number of aromatic nitrogens is 2. The van der Waals surface area contributed by atoms with Gasteiger partial charge in [-0.1, -0.05) is 47.5 Å². The molecule has 0 saturated carbocycles. The topological polar surface area (TPSA) is 55.2 Å². The van der Waals surface area contributed by atoms with E-state index in [2.05, 4.69) is 34.0 Å². The van der Waals surface area contributed by atoms with E-state index < -0.39 is 0 Å². The monoisotopic (exact) mass is 369 g/mol. The molecule has 4 heteroatoms. The lowest BCUT2D eigenvalue weighted by atomic mass is 9.93. The van der Waals surface area contributed by atoms with Gasteiger partial charge in [0.15, 0.2) is 0 Å². The van der Waals surface area contributed by atoms with Crippen molar-refractivity contribution < 1.29 is 4.79 Å². The van der Waals surface area contributed by atoms with Crippen LogP contribution in [-0.4, -0.2) is 21.6 Å². The van der Waals surface area contributed by atoms with Gasteiger partial charge in [0.25, 0.3) is 5.91 Å². The molecule has 0 atom stereocenters. The first kappa shape index (κ1) is 18.2. The molecule has 3 aromatic rings. The van der Waals surface area contributed by atoms with Gasteiger partial charge in [0.1, 0.15) is 5.82 Å². The number of hydrogen-bond acceptors (Lipinski definition) is 3. The molecule has 1 aliphatic rings. The highest BCUT2D eigenvalue weighted by atomic mass is 16.1. The Bertz CT molecular complexity index is 1130. The molecule has 0 unspecified atom stereocenters. The van der Waals surface area contributed by atoms with Gasteiger partial charge in [-0.05, 0) is 38.5 Å². The molecule has 0 fully saturated rings. The number of fused-ring (bicyclic) bond motifs is 1. The Morgan fingerprint density at radius 2 is 1.71 bits per heavy atom. The Labute approximate surface area is 165 Å². The van der Waals surface area contributed by atoms with Crippen molar-refractivity contribution in [2.24, 2.45) is 4.99 Å². The van der Waals surface area contributed by atoms with E-state index in [4.69, 9.17) is 0 Å². The zero-order chi connectivity index (χ0) is 19.7. The van der Waals surface area contributed by atoms with E-state index in [0.717, 1.165) is 44.8 Å². The lowest BCUT2D eigenvalue weighted by molar-refractivity contribution is -0.114. The van der Waals surface area contributed by atoms with Crippen LogP contribution in [0.1, 0.15) is 36.0 Å². The maximum absolute atomic E-state index is 12.6. The summed E-state index contributed by atoms with van der Waals surface area (Å²) in [5, 5.41) is 1.08. The van der Waals surface area contributed by atoms with E-state index in [1.165, 1.54) is 5.56 Å². The minimum Gasteiger partial charge on any atom is -0.267 e. The standard InChI is InChI=1S/C24H23N3O/c1-15-9-10-22-21(11-15)17(3)25-23(27-22)14-19-12-16(2)20(24(28)26-19)13-18-7-5-4-6-8-18/h4-11H,12-14H2,1-3H3. The van der Waals surface area contributed by atoms with E-state index in [1.54, 1.807) is 0 Å². The Morgan fingerprint density at radius 3 is 2.46 bits per heavy atom. The molecule has 1 amide bonds. The summed E-state index contributed by atoms with van der Waals surface area (Å²) in [6.45, 7) is 6.10. The highest BCUT2D eigenvalue weighted by Crippen LogP contribution is 2.23. The van der Waals surface area contributed by atoms with Crippen molar-refractivity contribution in [3.05, 3.63) is 82.3 Å².